The summed E-state index contributed by atoms with van der Waals surface area (Å²) in [7, 11) is 0. The number of aromatic nitrogens is 4. The van der Waals surface area contributed by atoms with Crippen LogP contribution in [0.2, 0.25) is 0 Å². The van der Waals surface area contributed by atoms with Gasteiger partial charge in [0, 0.05) is 74.7 Å². The molecule has 4 saturated heterocycles. The van der Waals surface area contributed by atoms with Crippen molar-refractivity contribution in [2.75, 3.05) is 55.2 Å². The van der Waals surface area contributed by atoms with Crippen molar-refractivity contribution in [1.82, 2.24) is 34.9 Å². The molecule has 13 nitrogen and oxygen atoms in total. The van der Waals surface area contributed by atoms with E-state index in [-0.39, 0.29) is 23.9 Å². The summed E-state index contributed by atoms with van der Waals surface area (Å²) in [5.41, 5.74) is 11.2. The summed E-state index contributed by atoms with van der Waals surface area (Å²) in [5.74, 6) is 2.89. The zero-order valence-corrected chi connectivity index (χ0v) is 30.1. The van der Waals surface area contributed by atoms with Crippen molar-refractivity contribution in [1.29, 1.82) is 0 Å². The fraction of sp³-hybridized carbons (Fsp3) is 0.390. The quantitative estimate of drug-likeness (QED) is 0.184. The molecule has 3 atom stereocenters. The van der Waals surface area contributed by atoms with Gasteiger partial charge >= 0.3 is 0 Å². The van der Waals surface area contributed by atoms with E-state index >= 15 is 0 Å². The third-order valence-corrected chi connectivity index (χ3v) is 12.3. The summed E-state index contributed by atoms with van der Waals surface area (Å²) in [6.45, 7) is 6.69. The number of piperidine rings is 1. The maximum absolute atomic E-state index is 12.1. The molecule has 10 rings (SSSR count). The first-order valence-corrected chi connectivity index (χ1v) is 19.2. The van der Waals surface area contributed by atoms with Gasteiger partial charge in [-0.1, -0.05) is 18.2 Å². The SMILES string of the molecule is Nc1ncnc2c1c(-c1ccc(Oc3ccccc3)cc1)nn2C1CC2CN(C3CN(C4CN(c5ccc(NC6CCC(=O)NC6=O)cc5)C4)C3)CC2C1. The van der Waals surface area contributed by atoms with Crippen LogP contribution in [0.5, 0.6) is 11.5 Å². The number of fused-ring (bicyclic) bond motifs is 2. The molecule has 3 aromatic carbocycles. The number of amides is 2. The Bertz CT molecular complexity index is 2170. The van der Waals surface area contributed by atoms with E-state index in [4.69, 9.17) is 20.6 Å². The second-order valence-corrected chi connectivity index (χ2v) is 15.7. The minimum atomic E-state index is -0.366. The Morgan fingerprint density at radius 1 is 0.759 bits per heavy atom. The highest BCUT2D eigenvalue weighted by Crippen LogP contribution is 2.47. The lowest BCUT2D eigenvalue weighted by atomic mass is 9.98. The molecule has 276 valence electrons. The molecule has 4 N–H and O–H groups in total. The number of imide groups is 1. The van der Waals surface area contributed by atoms with Gasteiger partial charge in [0.1, 0.15) is 35.4 Å². The first-order chi connectivity index (χ1) is 26.4. The molecule has 5 aliphatic rings. The molecule has 5 aromatic rings. The number of nitrogen functional groups attached to an aromatic ring is 1. The van der Waals surface area contributed by atoms with Gasteiger partial charge < -0.3 is 20.7 Å². The number of para-hydroxylation sites is 1. The number of ether oxygens (including phenoxy) is 1. The number of nitrogens with zero attached hydrogens (tertiary/aromatic N) is 7. The van der Waals surface area contributed by atoms with Crippen molar-refractivity contribution < 1.29 is 14.3 Å². The maximum atomic E-state index is 12.1. The van der Waals surface area contributed by atoms with Crippen LogP contribution in [0, 0.1) is 11.8 Å². The van der Waals surface area contributed by atoms with E-state index in [1.165, 1.54) is 5.69 Å². The van der Waals surface area contributed by atoms with Gasteiger partial charge in [0.15, 0.2) is 5.65 Å². The number of rotatable bonds is 9. The molecular weight excluding hydrogens is 681 g/mol. The molecule has 6 heterocycles. The Labute approximate surface area is 313 Å². The predicted molar refractivity (Wildman–Crippen MR) is 206 cm³/mol. The van der Waals surface area contributed by atoms with Gasteiger partial charge in [0.2, 0.25) is 11.8 Å². The van der Waals surface area contributed by atoms with Gasteiger partial charge in [0.05, 0.1) is 11.4 Å². The highest BCUT2D eigenvalue weighted by atomic mass is 16.5. The minimum Gasteiger partial charge on any atom is -0.457 e. The van der Waals surface area contributed by atoms with E-state index in [0.717, 1.165) is 91.6 Å². The van der Waals surface area contributed by atoms with Crippen LogP contribution >= 0.6 is 0 Å². The van der Waals surface area contributed by atoms with Crippen molar-refractivity contribution in [3.8, 4) is 22.8 Å². The normalized spacial score (nSPS) is 25.0. The van der Waals surface area contributed by atoms with Crippen LogP contribution in [-0.2, 0) is 9.59 Å². The predicted octanol–water partition coefficient (Wildman–Crippen LogP) is 4.54. The number of carbonyl (C=O) groups excluding carboxylic acids is 2. The summed E-state index contributed by atoms with van der Waals surface area (Å²) in [4.78, 5) is 40.4. The summed E-state index contributed by atoms with van der Waals surface area (Å²) in [6.07, 6.45) is 4.64. The molecule has 3 unspecified atom stereocenters. The molecular formula is C41H44N10O3. The molecule has 13 heteroatoms. The lowest BCUT2D eigenvalue weighted by Gasteiger charge is -2.54. The van der Waals surface area contributed by atoms with Gasteiger partial charge in [-0.2, -0.15) is 5.10 Å². The van der Waals surface area contributed by atoms with Crippen LogP contribution in [0.25, 0.3) is 22.3 Å². The molecule has 2 aromatic heterocycles. The third-order valence-electron chi connectivity index (χ3n) is 12.3. The van der Waals surface area contributed by atoms with Crippen molar-refractivity contribution >= 4 is 40.0 Å². The van der Waals surface area contributed by atoms with Gasteiger partial charge in [-0.15, -0.1) is 0 Å². The van der Waals surface area contributed by atoms with E-state index < -0.39 is 0 Å². The van der Waals surface area contributed by atoms with Crippen LogP contribution < -0.4 is 26.0 Å². The largest absolute Gasteiger partial charge is 0.457 e. The highest BCUT2D eigenvalue weighted by Gasteiger charge is 2.48. The average Bonchev–Trinajstić information content (AvgIpc) is 3.84. The van der Waals surface area contributed by atoms with Crippen LogP contribution in [0.1, 0.15) is 31.7 Å². The Morgan fingerprint density at radius 3 is 2.17 bits per heavy atom. The second-order valence-electron chi connectivity index (χ2n) is 15.7. The molecule has 0 spiro atoms. The highest BCUT2D eigenvalue weighted by molar-refractivity contribution is 6.01. The number of hydrogen-bond acceptors (Lipinski definition) is 11. The summed E-state index contributed by atoms with van der Waals surface area (Å²) >= 11 is 0. The van der Waals surface area contributed by atoms with Crippen molar-refractivity contribution in [2.45, 2.75) is 49.9 Å². The van der Waals surface area contributed by atoms with Crippen molar-refractivity contribution in [3.05, 3.63) is 85.2 Å². The molecule has 1 aliphatic carbocycles. The molecule has 0 bridgehead atoms. The monoisotopic (exact) mass is 724 g/mol. The second kappa shape index (κ2) is 13.4. The van der Waals surface area contributed by atoms with E-state index in [1.807, 2.05) is 66.7 Å². The average molecular weight is 725 g/mol. The van der Waals surface area contributed by atoms with Crippen LogP contribution in [0.4, 0.5) is 17.2 Å². The summed E-state index contributed by atoms with van der Waals surface area (Å²) in [5, 5.41) is 11.7. The zero-order chi connectivity index (χ0) is 36.3. The number of carbonyl (C=O) groups is 2. The summed E-state index contributed by atoms with van der Waals surface area (Å²) in [6, 6.07) is 27.2. The Hall–Kier alpha value is -5.53. The van der Waals surface area contributed by atoms with Gasteiger partial charge in [-0.3, -0.25) is 24.7 Å². The van der Waals surface area contributed by atoms with Crippen LogP contribution in [-0.4, -0.2) is 98.8 Å². The van der Waals surface area contributed by atoms with E-state index in [2.05, 4.69) is 47.1 Å². The topological polar surface area (TPSA) is 147 Å². The first kappa shape index (κ1) is 33.1. The standard InChI is InChI=1S/C41H44N10O3/c42-39-37-38(25-6-12-34(13-7-25)54-33-4-2-1-3-5-33)47-51(40(37)44-24-43-39)30-16-26-18-48(19-27(26)17-30)31-22-50(23-31)32-20-49(21-32)29-10-8-28(9-11-29)45-35-14-15-36(52)46-41(35)53/h1-13,24,26-27,30-32,35,45H,14-23H2,(H2,42,43,44)(H,46,52,53). The molecule has 54 heavy (non-hydrogen) atoms. The van der Waals surface area contributed by atoms with Crippen LogP contribution in [0.15, 0.2) is 85.2 Å². The third kappa shape index (κ3) is 6.10. The number of anilines is 3. The molecule has 2 amide bonds. The zero-order valence-electron chi connectivity index (χ0n) is 30.1. The lowest BCUT2D eigenvalue weighted by molar-refractivity contribution is -0.133. The minimum absolute atomic E-state index is 0.197. The lowest BCUT2D eigenvalue weighted by Crippen LogP contribution is -2.69. The van der Waals surface area contributed by atoms with Gasteiger partial charge in [0.25, 0.3) is 0 Å². The van der Waals surface area contributed by atoms with Crippen molar-refractivity contribution in [3.63, 3.8) is 0 Å². The van der Waals surface area contributed by atoms with E-state index in [9.17, 15) is 9.59 Å². The first-order valence-electron chi connectivity index (χ1n) is 19.2. The molecule has 4 aliphatic heterocycles. The van der Waals surface area contributed by atoms with Gasteiger partial charge in [-0.25, -0.2) is 14.6 Å². The number of hydrogen-bond donors (Lipinski definition) is 3. The number of nitrogens with two attached hydrogens (primary N) is 1. The molecule has 5 fully saturated rings. The summed E-state index contributed by atoms with van der Waals surface area (Å²) < 4.78 is 8.15. The number of nitrogens with one attached hydrogen (secondary N) is 2. The Kier molecular flexibility index (Phi) is 8.21. The fourth-order valence-corrected chi connectivity index (χ4v) is 9.27. The van der Waals surface area contributed by atoms with Gasteiger partial charge in [-0.05, 0) is 91.8 Å². The van der Waals surface area contributed by atoms with Crippen molar-refractivity contribution in [2.24, 2.45) is 11.8 Å². The number of likely N-dealkylation sites (tertiary alicyclic amines) is 2. The molecule has 0 radical (unpaired) electrons. The Balaban J connectivity index is 0.723. The van der Waals surface area contributed by atoms with Crippen LogP contribution in [0.3, 0.4) is 0 Å². The maximum Gasteiger partial charge on any atom is 0.249 e. The number of benzene rings is 3. The smallest absolute Gasteiger partial charge is 0.249 e. The Morgan fingerprint density at radius 2 is 1.44 bits per heavy atom. The van der Waals surface area contributed by atoms with E-state index in [1.54, 1.807) is 6.33 Å². The molecule has 1 saturated carbocycles. The van der Waals surface area contributed by atoms with E-state index in [0.29, 0.717) is 42.6 Å². The fourth-order valence-electron chi connectivity index (χ4n) is 9.27.